The summed E-state index contributed by atoms with van der Waals surface area (Å²) >= 11 is 0. The van der Waals surface area contributed by atoms with Crippen LogP contribution >= 0.6 is 0 Å². The first-order valence-corrected chi connectivity index (χ1v) is 7.35. The fourth-order valence-corrected chi connectivity index (χ4v) is 2.50. The van der Waals surface area contributed by atoms with E-state index in [0.717, 1.165) is 12.4 Å². The first-order chi connectivity index (χ1) is 9.47. The Hall–Kier alpha value is -1.77. The molecule has 1 heterocycles. The fraction of sp³-hybridized carbons (Fsp3) is 0.471. The van der Waals surface area contributed by atoms with Crippen LogP contribution < -0.4 is 5.32 Å². The van der Waals surface area contributed by atoms with Gasteiger partial charge in [-0.3, -0.25) is 0 Å². The molecule has 0 amide bonds. The zero-order valence-electron chi connectivity index (χ0n) is 13.1. The molecule has 0 radical (unpaired) electrons. The molecule has 0 aliphatic carbocycles. The van der Waals surface area contributed by atoms with Crippen molar-refractivity contribution in [3.63, 3.8) is 0 Å². The standard InChI is InChI=1S/C17H25N3/c1-12(2)19-17-18-11-16(20(17)13(3)4)10-15-8-6-7-14(5)9-15/h6-9,11-13H,10H2,1-5H3,(H,18,19). The van der Waals surface area contributed by atoms with E-state index in [4.69, 9.17) is 0 Å². The molecule has 1 aromatic heterocycles. The van der Waals surface area contributed by atoms with Crippen LogP contribution in [0.5, 0.6) is 0 Å². The number of anilines is 1. The number of imidazole rings is 1. The van der Waals surface area contributed by atoms with Gasteiger partial charge in [0.05, 0.1) is 6.20 Å². The van der Waals surface area contributed by atoms with E-state index in [9.17, 15) is 0 Å². The molecule has 0 atom stereocenters. The fourth-order valence-electron chi connectivity index (χ4n) is 2.50. The highest BCUT2D eigenvalue weighted by molar-refractivity contribution is 5.34. The second-order valence-corrected chi connectivity index (χ2v) is 6.00. The largest absolute Gasteiger partial charge is 0.353 e. The lowest BCUT2D eigenvalue weighted by atomic mass is 10.1. The van der Waals surface area contributed by atoms with E-state index < -0.39 is 0 Å². The normalized spacial score (nSPS) is 11.3. The van der Waals surface area contributed by atoms with Crippen molar-refractivity contribution in [1.82, 2.24) is 9.55 Å². The van der Waals surface area contributed by atoms with Gasteiger partial charge in [0.1, 0.15) is 0 Å². The van der Waals surface area contributed by atoms with E-state index in [1.165, 1.54) is 16.8 Å². The summed E-state index contributed by atoms with van der Waals surface area (Å²) < 4.78 is 2.29. The molecule has 0 saturated heterocycles. The van der Waals surface area contributed by atoms with Gasteiger partial charge in [0.2, 0.25) is 5.95 Å². The molecule has 3 heteroatoms. The molecule has 108 valence electrons. The first kappa shape index (κ1) is 14.6. The molecule has 20 heavy (non-hydrogen) atoms. The van der Waals surface area contributed by atoms with Gasteiger partial charge in [0, 0.05) is 24.2 Å². The highest BCUT2D eigenvalue weighted by atomic mass is 15.2. The quantitative estimate of drug-likeness (QED) is 0.884. The Balaban J connectivity index is 2.29. The summed E-state index contributed by atoms with van der Waals surface area (Å²) in [5.74, 6) is 0.970. The summed E-state index contributed by atoms with van der Waals surface area (Å²) in [7, 11) is 0. The number of aryl methyl sites for hydroxylation is 1. The third-order valence-electron chi connectivity index (χ3n) is 3.28. The Morgan fingerprint density at radius 3 is 2.55 bits per heavy atom. The molecule has 1 aromatic carbocycles. The zero-order chi connectivity index (χ0) is 14.7. The molecular formula is C17H25N3. The summed E-state index contributed by atoms with van der Waals surface area (Å²) in [5, 5.41) is 3.42. The van der Waals surface area contributed by atoms with Crippen molar-refractivity contribution < 1.29 is 0 Å². The maximum atomic E-state index is 4.55. The molecular weight excluding hydrogens is 246 g/mol. The topological polar surface area (TPSA) is 29.9 Å². The van der Waals surface area contributed by atoms with Crippen LogP contribution in [-0.4, -0.2) is 15.6 Å². The summed E-state index contributed by atoms with van der Waals surface area (Å²) in [4.78, 5) is 4.55. The third-order valence-corrected chi connectivity index (χ3v) is 3.28. The van der Waals surface area contributed by atoms with Crippen LogP contribution in [0.1, 0.15) is 50.6 Å². The monoisotopic (exact) mass is 271 g/mol. The van der Waals surface area contributed by atoms with Gasteiger partial charge < -0.3 is 9.88 Å². The molecule has 0 saturated carbocycles. The van der Waals surface area contributed by atoms with E-state index >= 15 is 0 Å². The Kier molecular flexibility index (Phi) is 4.48. The van der Waals surface area contributed by atoms with Gasteiger partial charge in [0.25, 0.3) is 0 Å². The van der Waals surface area contributed by atoms with Crippen LogP contribution in [0.3, 0.4) is 0 Å². The van der Waals surface area contributed by atoms with Gasteiger partial charge in [0.15, 0.2) is 0 Å². The van der Waals surface area contributed by atoms with Crippen LogP contribution in [0.2, 0.25) is 0 Å². The van der Waals surface area contributed by atoms with E-state index in [2.05, 4.69) is 73.8 Å². The molecule has 1 N–H and O–H groups in total. The summed E-state index contributed by atoms with van der Waals surface area (Å²) in [5.41, 5.74) is 3.90. The van der Waals surface area contributed by atoms with Crippen molar-refractivity contribution in [2.45, 2.75) is 53.1 Å². The van der Waals surface area contributed by atoms with Crippen LogP contribution in [0.15, 0.2) is 30.5 Å². The minimum absolute atomic E-state index is 0.390. The van der Waals surface area contributed by atoms with Crippen molar-refractivity contribution in [1.29, 1.82) is 0 Å². The molecule has 0 bridgehead atoms. The lowest BCUT2D eigenvalue weighted by Gasteiger charge is -2.18. The third kappa shape index (κ3) is 3.41. The number of hydrogen-bond acceptors (Lipinski definition) is 2. The number of benzene rings is 1. The highest BCUT2D eigenvalue weighted by Crippen LogP contribution is 2.21. The van der Waals surface area contributed by atoms with E-state index in [0.29, 0.717) is 12.1 Å². The van der Waals surface area contributed by atoms with Crippen molar-refractivity contribution in [2.24, 2.45) is 0 Å². The Labute approximate surface area is 122 Å². The van der Waals surface area contributed by atoms with Gasteiger partial charge in [-0.15, -0.1) is 0 Å². The zero-order valence-corrected chi connectivity index (χ0v) is 13.1. The molecule has 3 nitrogen and oxygen atoms in total. The van der Waals surface area contributed by atoms with Gasteiger partial charge >= 0.3 is 0 Å². The molecule has 0 fully saturated rings. The summed E-state index contributed by atoms with van der Waals surface area (Å²) in [6.45, 7) is 10.8. The first-order valence-electron chi connectivity index (χ1n) is 7.35. The molecule has 0 aliphatic heterocycles. The number of aromatic nitrogens is 2. The number of nitrogens with one attached hydrogen (secondary N) is 1. The van der Waals surface area contributed by atoms with Crippen LogP contribution in [0, 0.1) is 6.92 Å². The number of nitrogens with zero attached hydrogens (tertiary/aromatic N) is 2. The van der Waals surface area contributed by atoms with Crippen molar-refractivity contribution in [2.75, 3.05) is 5.32 Å². The maximum Gasteiger partial charge on any atom is 0.203 e. The smallest absolute Gasteiger partial charge is 0.203 e. The average molecular weight is 271 g/mol. The molecule has 0 aliphatic rings. The Morgan fingerprint density at radius 1 is 1.20 bits per heavy atom. The van der Waals surface area contributed by atoms with Crippen LogP contribution in [0.4, 0.5) is 5.95 Å². The average Bonchev–Trinajstić information content (AvgIpc) is 2.71. The number of rotatable bonds is 5. The second-order valence-electron chi connectivity index (χ2n) is 6.00. The Morgan fingerprint density at radius 2 is 1.95 bits per heavy atom. The molecule has 0 unspecified atom stereocenters. The van der Waals surface area contributed by atoms with E-state index in [-0.39, 0.29) is 0 Å². The van der Waals surface area contributed by atoms with Crippen molar-refractivity contribution in [3.05, 3.63) is 47.3 Å². The Bertz CT molecular complexity index is 567. The van der Waals surface area contributed by atoms with Gasteiger partial charge in [-0.1, -0.05) is 29.8 Å². The minimum atomic E-state index is 0.390. The maximum absolute atomic E-state index is 4.55. The minimum Gasteiger partial charge on any atom is -0.353 e. The summed E-state index contributed by atoms with van der Waals surface area (Å²) in [6.07, 6.45) is 2.92. The van der Waals surface area contributed by atoms with Gasteiger partial charge in [-0.25, -0.2) is 4.98 Å². The SMILES string of the molecule is Cc1cccc(Cc2cnc(NC(C)C)n2C(C)C)c1. The predicted molar refractivity (Wildman–Crippen MR) is 85.4 cm³/mol. The van der Waals surface area contributed by atoms with E-state index in [1.807, 2.05) is 6.20 Å². The predicted octanol–water partition coefficient (Wildman–Crippen LogP) is 4.18. The second kappa shape index (κ2) is 6.12. The highest BCUT2D eigenvalue weighted by Gasteiger charge is 2.13. The lowest BCUT2D eigenvalue weighted by Crippen LogP contribution is -2.17. The lowest BCUT2D eigenvalue weighted by molar-refractivity contribution is 0.581. The van der Waals surface area contributed by atoms with Crippen LogP contribution in [-0.2, 0) is 6.42 Å². The molecule has 2 rings (SSSR count). The van der Waals surface area contributed by atoms with Crippen LogP contribution in [0.25, 0.3) is 0 Å². The van der Waals surface area contributed by atoms with E-state index in [1.54, 1.807) is 0 Å². The van der Waals surface area contributed by atoms with Crippen molar-refractivity contribution >= 4 is 5.95 Å². The summed E-state index contributed by atoms with van der Waals surface area (Å²) in [6, 6.07) is 9.47. The van der Waals surface area contributed by atoms with Gasteiger partial charge in [-0.05, 0) is 40.2 Å². The van der Waals surface area contributed by atoms with Gasteiger partial charge in [-0.2, -0.15) is 0 Å². The molecule has 0 spiro atoms. The molecule has 2 aromatic rings. The number of hydrogen-bond donors (Lipinski definition) is 1. The van der Waals surface area contributed by atoms with Crippen molar-refractivity contribution in [3.8, 4) is 0 Å².